The Morgan fingerprint density at radius 1 is 1.53 bits per heavy atom. The van der Waals surface area contributed by atoms with Crippen molar-refractivity contribution in [1.82, 2.24) is 5.32 Å². The molecule has 0 saturated heterocycles. The molecule has 0 saturated carbocycles. The van der Waals surface area contributed by atoms with Gasteiger partial charge >= 0.3 is 0 Å². The molecule has 0 aliphatic heterocycles. The number of rotatable bonds is 4. The van der Waals surface area contributed by atoms with Gasteiger partial charge in [-0.05, 0) is 38.3 Å². The maximum absolute atomic E-state index is 12.0. The van der Waals surface area contributed by atoms with Gasteiger partial charge in [0.05, 0.1) is 5.56 Å². The number of carbonyl (C=O) groups excluding carboxylic acids is 1. The topological polar surface area (TPSA) is 55.1 Å². The quantitative estimate of drug-likeness (QED) is 0.840. The number of benzene rings is 1. The van der Waals surface area contributed by atoms with Crippen molar-refractivity contribution in [2.24, 2.45) is 0 Å². The van der Waals surface area contributed by atoms with E-state index in [-0.39, 0.29) is 10.7 Å². The van der Waals surface area contributed by atoms with Crippen LogP contribution in [0.2, 0.25) is 0 Å². The number of nitrogens with two attached hydrogens (primary N) is 1. The number of hydrogen-bond donors (Lipinski definition) is 2. The Labute approximate surface area is 115 Å². The average Bonchev–Trinajstić information content (AvgIpc) is 2.29. The van der Waals surface area contributed by atoms with Crippen LogP contribution in [0.1, 0.15) is 24.2 Å². The van der Waals surface area contributed by atoms with Crippen molar-refractivity contribution in [3.8, 4) is 0 Å². The van der Waals surface area contributed by atoms with E-state index in [9.17, 15) is 4.79 Å². The van der Waals surface area contributed by atoms with Gasteiger partial charge in [-0.1, -0.05) is 15.9 Å². The molecule has 3 nitrogen and oxygen atoms in total. The van der Waals surface area contributed by atoms with Crippen LogP contribution in [0.4, 0.5) is 5.69 Å². The van der Waals surface area contributed by atoms with E-state index in [1.807, 2.05) is 12.3 Å². The van der Waals surface area contributed by atoms with Gasteiger partial charge in [0.1, 0.15) is 0 Å². The predicted molar refractivity (Wildman–Crippen MR) is 78.5 cm³/mol. The van der Waals surface area contributed by atoms with E-state index < -0.39 is 0 Å². The second-order valence-corrected chi connectivity index (χ2v) is 6.81. The van der Waals surface area contributed by atoms with Crippen molar-refractivity contribution in [3.63, 3.8) is 0 Å². The minimum Gasteiger partial charge on any atom is -0.398 e. The molecular formula is C12H17BrN2OS. The Hall–Kier alpha value is -0.680. The van der Waals surface area contributed by atoms with Gasteiger partial charge in [0.25, 0.3) is 5.91 Å². The van der Waals surface area contributed by atoms with E-state index in [1.54, 1.807) is 23.9 Å². The molecule has 0 aliphatic carbocycles. The van der Waals surface area contributed by atoms with E-state index in [0.717, 1.165) is 4.47 Å². The van der Waals surface area contributed by atoms with Crippen LogP contribution < -0.4 is 11.1 Å². The summed E-state index contributed by atoms with van der Waals surface area (Å²) in [5.41, 5.74) is 6.78. The van der Waals surface area contributed by atoms with Gasteiger partial charge in [-0.25, -0.2) is 0 Å². The van der Waals surface area contributed by atoms with Gasteiger partial charge in [0.15, 0.2) is 0 Å². The van der Waals surface area contributed by atoms with Crippen LogP contribution in [-0.4, -0.2) is 23.5 Å². The molecule has 0 fully saturated rings. The molecule has 0 spiro atoms. The van der Waals surface area contributed by atoms with Crippen molar-refractivity contribution in [2.75, 3.05) is 18.5 Å². The minimum absolute atomic E-state index is 0.0242. The van der Waals surface area contributed by atoms with Crippen LogP contribution in [0.15, 0.2) is 22.7 Å². The number of anilines is 1. The number of amides is 1. The first-order valence-electron chi connectivity index (χ1n) is 5.24. The third-order valence-corrected chi connectivity index (χ3v) is 4.23. The molecule has 1 amide bonds. The Morgan fingerprint density at radius 3 is 2.76 bits per heavy atom. The van der Waals surface area contributed by atoms with Crippen molar-refractivity contribution >= 4 is 39.3 Å². The molecule has 0 unspecified atom stereocenters. The molecular weight excluding hydrogens is 300 g/mol. The average molecular weight is 317 g/mol. The number of nitrogen functional groups attached to an aromatic ring is 1. The summed E-state index contributed by atoms with van der Waals surface area (Å²) in [5.74, 6) is -0.133. The highest BCUT2D eigenvalue weighted by molar-refractivity contribution is 9.10. The zero-order valence-electron chi connectivity index (χ0n) is 10.2. The number of hydrogen-bond acceptors (Lipinski definition) is 3. The summed E-state index contributed by atoms with van der Waals surface area (Å²) in [6.07, 6.45) is 2.03. The highest BCUT2D eigenvalue weighted by Gasteiger charge is 2.18. The molecule has 1 rings (SSSR count). The van der Waals surface area contributed by atoms with E-state index in [4.69, 9.17) is 5.73 Å². The van der Waals surface area contributed by atoms with Crippen LogP contribution in [0.3, 0.4) is 0 Å². The summed E-state index contributed by atoms with van der Waals surface area (Å²) in [5, 5.41) is 2.90. The first kappa shape index (κ1) is 14.4. The van der Waals surface area contributed by atoms with Gasteiger partial charge < -0.3 is 11.1 Å². The van der Waals surface area contributed by atoms with Gasteiger partial charge in [0, 0.05) is 21.5 Å². The van der Waals surface area contributed by atoms with Crippen molar-refractivity contribution in [2.45, 2.75) is 18.6 Å². The summed E-state index contributed by atoms with van der Waals surface area (Å²) < 4.78 is 0.872. The van der Waals surface area contributed by atoms with Crippen LogP contribution in [0.25, 0.3) is 0 Å². The number of halogens is 1. The Balaban J connectivity index is 2.74. The van der Waals surface area contributed by atoms with Gasteiger partial charge in [0.2, 0.25) is 0 Å². The Morgan fingerprint density at radius 2 is 2.18 bits per heavy atom. The van der Waals surface area contributed by atoms with E-state index in [0.29, 0.717) is 17.8 Å². The molecule has 0 aliphatic rings. The summed E-state index contributed by atoms with van der Waals surface area (Å²) in [4.78, 5) is 12.0. The molecule has 0 atom stereocenters. The fourth-order valence-electron chi connectivity index (χ4n) is 1.19. The maximum atomic E-state index is 12.0. The van der Waals surface area contributed by atoms with Crippen LogP contribution in [-0.2, 0) is 0 Å². The van der Waals surface area contributed by atoms with Crippen LogP contribution in [0, 0.1) is 0 Å². The van der Waals surface area contributed by atoms with Gasteiger partial charge in [-0.2, -0.15) is 11.8 Å². The third kappa shape index (κ3) is 4.24. The first-order chi connectivity index (χ1) is 7.85. The monoisotopic (exact) mass is 316 g/mol. The molecule has 0 aromatic heterocycles. The Bertz CT molecular complexity index is 421. The fourth-order valence-corrected chi connectivity index (χ4v) is 1.76. The molecule has 0 heterocycles. The SMILES string of the molecule is CSC(C)(C)CNC(=O)c1cc(Br)ccc1N. The maximum Gasteiger partial charge on any atom is 0.253 e. The number of nitrogens with one attached hydrogen (secondary N) is 1. The fraction of sp³-hybridized carbons (Fsp3) is 0.417. The lowest BCUT2D eigenvalue weighted by Crippen LogP contribution is -2.36. The molecule has 5 heteroatoms. The molecule has 3 N–H and O–H groups in total. The lowest BCUT2D eigenvalue weighted by Gasteiger charge is -2.22. The Kier molecular flexibility index (Phi) is 4.89. The third-order valence-electron chi connectivity index (χ3n) is 2.49. The smallest absolute Gasteiger partial charge is 0.253 e. The molecule has 0 bridgehead atoms. The van der Waals surface area contributed by atoms with E-state index in [1.165, 1.54) is 0 Å². The van der Waals surface area contributed by atoms with E-state index in [2.05, 4.69) is 35.1 Å². The van der Waals surface area contributed by atoms with Gasteiger partial charge in [-0.15, -0.1) is 0 Å². The van der Waals surface area contributed by atoms with Crippen LogP contribution >= 0.6 is 27.7 Å². The normalized spacial score (nSPS) is 11.3. The highest BCUT2D eigenvalue weighted by atomic mass is 79.9. The van der Waals surface area contributed by atoms with Gasteiger partial charge in [-0.3, -0.25) is 4.79 Å². The molecule has 1 aromatic rings. The molecule has 17 heavy (non-hydrogen) atoms. The summed E-state index contributed by atoms with van der Waals surface area (Å²) in [6.45, 7) is 4.78. The second kappa shape index (κ2) is 5.78. The van der Waals surface area contributed by atoms with Crippen molar-refractivity contribution in [1.29, 1.82) is 0 Å². The van der Waals surface area contributed by atoms with Crippen LogP contribution in [0.5, 0.6) is 0 Å². The lowest BCUT2D eigenvalue weighted by molar-refractivity contribution is 0.0951. The summed E-state index contributed by atoms with van der Waals surface area (Å²) >= 11 is 5.05. The highest BCUT2D eigenvalue weighted by Crippen LogP contribution is 2.21. The van der Waals surface area contributed by atoms with Crippen molar-refractivity contribution < 1.29 is 4.79 Å². The lowest BCUT2D eigenvalue weighted by atomic mass is 10.1. The molecule has 1 aromatic carbocycles. The first-order valence-corrected chi connectivity index (χ1v) is 7.26. The van der Waals surface area contributed by atoms with Crippen molar-refractivity contribution in [3.05, 3.63) is 28.2 Å². The zero-order chi connectivity index (χ0) is 13.1. The second-order valence-electron chi connectivity index (χ2n) is 4.38. The number of thioether (sulfide) groups is 1. The zero-order valence-corrected chi connectivity index (χ0v) is 12.6. The summed E-state index contributed by atoms with van der Waals surface area (Å²) in [7, 11) is 0. The number of carbonyl (C=O) groups is 1. The molecule has 0 radical (unpaired) electrons. The largest absolute Gasteiger partial charge is 0.398 e. The van der Waals surface area contributed by atoms with E-state index >= 15 is 0 Å². The predicted octanol–water partition coefficient (Wildman–Crippen LogP) is 2.90. The summed E-state index contributed by atoms with van der Waals surface area (Å²) in [6, 6.07) is 5.27. The standard InChI is InChI=1S/C12H17BrN2OS/c1-12(2,17-3)7-15-11(16)9-6-8(13)4-5-10(9)14/h4-6H,7,14H2,1-3H3,(H,15,16). The minimum atomic E-state index is -0.133. The molecule has 94 valence electrons.